The van der Waals surface area contributed by atoms with Crippen molar-refractivity contribution in [2.75, 3.05) is 14.2 Å². The van der Waals surface area contributed by atoms with Crippen molar-refractivity contribution >= 4 is 29.9 Å². The van der Waals surface area contributed by atoms with Gasteiger partial charge in [-0.2, -0.15) is 13.2 Å². The Kier molecular flexibility index (Phi) is 9.66. The van der Waals surface area contributed by atoms with Crippen LogP contribution >= 0.6 is 24.0 Å². The second kappa shape index (κ2) is 11.2. The van der Waals surface area contributed by atoms with Gasteiger partial charge in [-0.25, -0.2) is 4.39 Å². The Balaban J connectivity index is 0.00000392. The lowest BCUT2D eigenvalue weighted by molar-refractivity contribution is -0.138. The molecule has 2 rings (SSSR count). The zero-order valence-corrected chi connectivity index (χ0v) is 17.8. The Bertz CT molecular complexity index is 797. The fourth-order valence-corrected chi connectivity index (χ4v) is 2.57. The molecule has 0 amide bonds. The summed E-state index contributed by atoms with van der Waals surface area (Å²) in [7, 11) is 3.12. The van der Waals surface area contributed by atoms with E-state index in [1.165, 1.54) is 7.05 Å². The number of rotatable bonds is 6. The van der Waals surface area contributed by atoms with Crippen LogP contribution in [0.2, 0.25) is 0 Å². The first-order valence-corrected chi connectivity index (χ1v) is 8.21. The highest BCUT2D eigenvalue weighted by Crippen LogP contribution is 2.32. The van der Waals surface area contributed by atoms with Gasteiger partial charge in [0.05, 0.1) is 12.2 Å². The maximum Gasteiger partial charge on any atom is 0.416 e. The van der Waals surface area contributed by atoms with Crippen LogP contribution in [0.4, 0.5) is 17.6 Å². The fraction of sp³-hybridized carbons (Fsp3) is 0.316. The van der Waals surface area contributed by atoms with Gasteiger partial charge in [0, 0.05) is 27.2 Å². The first kappa shape index (κ1) is 24.2. The molecule has 0 aliphatic heterocycles. The van der Waals surface area contributed by atoms with E-state index in [9.17, 15) is 17.6 Å². The highest BCUT2D eigenvalue weighted by molar-refractivity contribution is 14.0. The summed E-state index contributed by atoms with van der Waals surface area (Å²) in [6.45, 7) is 0.734. The van der Waals surface area contributed by atoms with E-state index in [1.807, 2.05) is 24.3 Å². The summed E-state index contributed by atoms with van der Waals surface area (Å²) in [5.41, 5.74) is 0.920. The van der Waals surface area contributed by atoms with E-state index in [-0.39, 0.29) is 36.1 Å². The molecule has 0 bridgehead atoms. The number of halogens is 5. The number of ether oxygens (including phenoxy) is 1. The number of hydrogen-bond acceptors (Lipinski definition) is 2. The average Bonchev–Trinajstić information content (AvgIpc) is 2.63. The number of methoxy groups -OCH3 is 1. The molecule has 0 saturated carbocycles. The topological polar surface area (TPSA) is 45.7 Å². The molecule has 0 radical (unpaired) electrons. The molecule has 2 aromatic carbocycles. The zero-order chi connectivity index (χ0) is 19.9. The molecule has 154 valence electrons. The molecule has 0 saturated heterocycles. The molecule has 0 fully saturated rings. The van der Waals surface area contributed by atoms with Crippen LogP contribution in [0.3, 0.4) is 0 Å². The van der Waals surface area contributed by atoms with E-state index in [1.54, 1.807) is 7.11 Å². The van der Waals surface area contributed by atoms with Gasteiger partial charge in [-0.1, -0.05) is 30.3 Å². The number of nitrogens with one attached hydrogen (secondary N) is 2. The van der Waals surface area contributed by atoms with Crippen LogP contribution in [0.1, 0.15) is 22.3 Å². The number of hydrogen-bond donors (Lipinski definition) is 2. The molecule has 0 aliphatic rings. The summed E-state index contributed by atoms with van der Waals surface area (Å²) >= 11 is 0. The molecule has 0 atom stereocenters. The van der Waals surface area contributed by atoms with Gasteiger partial charge >= 0.3 is 6.18 Å². The minimum atomic E-state index is -4.63. The number of benzene rings is 2. The molecule has 0 spiro atoms. The summed E-state index contributed by atoms with van der Waals surface area (Å²) in [4.78, 5) is 4.01. The van der Waals surface area contributed by atoms with Gasteiger partial charge < -0.3 is 15.4 Å². The Morgan fingerprint density at radius 2 is 1.61 bits per heavy atom. The molecular formula is C19H22F4IN3O. The second-order valence-corrected chi connectivity index (χ2v) is 5.78. The predicted molar refractivity (Wildman–Crippen MR) is 111 cm³/mol. The normalized spacial score (nSPS) is 11.7. The predicted octanol–water partition coefficient (Wildman–Crippen LogP) is 4.47. The number of alkyl halides is 3. The summed E-state index contributed by atoms with van der Waals surface area (Å²) in [6, 6.07) is 10.3. The van der Waals surface area contributed by atoms with Crippen molar-refractivity contribution in [3.8, 4) is 0 Å². The summed E-state index contributed by atoms with van der Waals surface area (Å²) in [5, 5.41) is 5.88. The lowest BCUT2D eigenvalue weighted by atomic mass is 10.1. The summed E-state index contributed by atoms with van der Waals surface area (Å²) in [5.74, 6) is -0.594. The number of guanidine groups is 1. The minimum absolute atomic E-state index is 0. The highest BCUT2D eigenvalue weighted by atomic mass is 127. The SMILES string of the molecule is CN=C(NCc1ccccc1COC)NCc1ccc(F)cc1C(F)(F)F.I. The number of nitrogens with zero attached hydrogens (tertiary/aromatic N) is 1. The van der Waals surface area contributed by atoms with Gasteiger partial charge in [0.2, 0.25) is 0 Å². The second-order valence-electron chi connectivity index (χ2n) is 5.78. The van der Waals surface area contributed by atoms with Crippen LogP contribution in [-0.4, -0.2) is 20.1 Å². The molecule has 4 nitrogen and oxygen atoms in total. The standard InChI is InChI=1S/C19H21F4N3O.HI/c1-24-18(25-10-13-5-3-4-6-15(13)12-27-2)26-11-14-7-8-16(20)9-17(14)19(21,22)23;/h3-9H,10-12H2,1-2H3,(H2,24,25,26);1H. The van der Waals surface area contributed by atoms with Crippen LogP contribution in [0.15, 0.2) is 47.5 Å². The van der Waals surface area contributed by atoms with Crippen molar-refractivity contribution in [1.82, 2.24) is 10.6 Å². The van der Waals surface area contributed by atoms with E-state index in [2.05, 4.69) is 15.6 Å². The van der Waals surface area contributed by atoms with Gasteiger partial charge in [0.25, 0.3) is 0 Å². The Labute approximate surface area is 178 Å². The van der Waals surface area contributed by atoms with Crippen LogP contribution in [0, 0.1) is 5.82 Å². The molecule has 2 N–H and O–H groups in total. The molecule has 28 heavy (non-hydrogen) atoms. The first-order chi connectivity index (χ1) is 12.8. The van der Waals surface area contributed by atoms with E-state index in [4.69, 9.17) is 4.74 Å². The summed E-state index contributed by atoms with van der Waals surface area (Å²) < 4.78 is 57.5. The maximum absolute atomic E-state index is 13.2. The first-order valence-electron chi connectivity index (χ1n) is 8.21. The van der Waals surface area contributed by atoms with Gasteiger partial charge in [-0.05, 0) is 28.8 Å². The fourth-order valence-electron chi connectivity index (χ4n) is 2.57. The molecule has 0 aromatic heterocycles. The van der Waals surface area contributed by atoms with Crippen LogP contribution in [-0.2, 0) is 30.6 Å². The third kappa shape index (κ3) is 6.93. The van der Waals surface area contributed by atoms with E-state index in [0.717, 1.165) is 23.3 Å². The Morgan fingerprint density at radius 3 is 2.18 bits per heavy atom. The Hall–Kier alpha value is -1.88. The zero-order valence-electron chi connectivity index (χ0n) is 15.4. The molecular weight excluding hydrogens is 489 g/mol. The van der Waals surface area contributed by atoms with E-state index < -0.39 is 17.6 Å². The third-order valence-electron chi connectivity index (χ3n) is 3.91. The number of aliphatic imine (C=N–C) groups is 1. The lowest BCUT2D eigenvalue weighted by Gasteiger charge is -2.16. The molecule has 0 unspecified atom stereocenters. The van der Waals surface area contributed by atoms with Gasteiger partial charge in [0.15, 0.2) is 5.96 Å². The minimum Gasteiger partial charge on any atom is -0.380 e. The van der Waals surface area contributed by atoms with Crippen molar-refractivity contribution in [2.24, 2.45) is 4.99 Å². The van der Waals surface area contributed by atoms with Crippen LogP contribution < -0.4 is 10.6 Å². The molecule has 2 aromatic rings. The van der Waals surface area contributed by atoms with Gasteiger partial charge in [-0.15, -0.1) is 24.0 Å². The molecule has 0 aliphatic carbocycles. The smallest absolute Gasteiger partial charge is 0.380 e. The quantitative estimate of drug-likeness (QED) is 0.261. The van der Waals surface area contributed by atoms with Crippen molar-refractivity contribution in [3.05, 3.63) is 70.5 Å². The highest BCUT2D eigenvalue weighted by Gasteiger charge is 2.33. The van der Waals surface area contributed by atoms with Crippen molar-refractivity contribution in [1.29, 1.82) is 0 Å². The summed E-state index contributed by atoms with van der Waals surface area (Å²) in [6.07, 6.45) is -4.63. The van der Waals surface area contributed by atoms with Gasteiger partial charge in [0.1, 0.15) is 5.82 Å². The van der Waals surface area contributed by atoms with E-state index in [0.29, 0.717) is 25.2 Å². The van der Waals surface area contributed by atoms with Crippen molar-refractivity contribution < 1.29 is 22.3 Å². The largest absolute Gasteiger partial charge is 0.416 e. The van der Waals surface area contributed by atoms with Crippen molar-refractivity contribution in [3.63, 3.8) is 0 Å². The van der Waals surface area contributed by atoms with Gasteiger partial charge in [-0.3, -0.25) is 4.99 Å². The Morgan fingerprint density at radius 1 is 1.00 bits per heavy atom. The maximum atomic E-state index is 13.2. The van der Waals surface area contributed by atoms with Crippen LogP contribution in [0.5, 0.6) is 0 Å². The average molecular weight is 511 g/mol. The molecule has 0 heterocycles. The van der Waals surface area contributed by atoms with Crippen LogP contribution in [0.25, 0.3) is 0 Å². The van der Waals surface area contributed by atoms with E-state index >= 15 is 0 Å². The molecule has 9 heteroatoms. The third-order valence-corrected chi connectivity index (χ3v) is 3.91. The van der Waals surface area contributed by atoms with Crippen molar-refractivity contribution in [2.45, 2.75) is 25.9 Å². The lowest BCUT2D eigenvalue weighted by Crippen LogP contribution is -2.37. The monoisotopic (exact) mass is 511 g/mol.